The van der Waals surface area contributed by atoms with Crippen molar-refractivity contribution in [1.29, 1.82) is 0 Å². The van der Waals surface area contributed by atoms with Crippen molar-refractivity contribution < 1.29 is 9.50 Å². The third-order valence-corrected chi connectivity index (χ3v) is 1.15. The number of nitrogens with one attached hydrogen (secondary N) is 1. The van der Waals surface area contributed by atoms with Crippen LogP contribution in [0.3, 0.4) is 0 Å². The minimum atomic E-state index is 0. The van der Waals surface area contributed by atoms with Gasteiger partial charge < -0.3 is 5.32 Å². The first kappa shape index (κ1) is 7.40. The predicted octanol–water partition coefficient (Wildman–Crippen LogP) is 0.439. The average Bonchev–Trinajstić information content (AvgIpc) is 1.69. The van der Waals surface area contributed by atoms with E-state index in [2.05, 4.69) is 5.32 Å². The van der Waals surface area contributed by atoms with Crippen molar-refractivity contribution in [3.8, 4) is 0 Å². The van der Waals surface area contributed by atoms with Gasteiger partial charge in [0.15, 0.2) is 0 Å². The largest absolute Gasteiger partial charge is 0.356 e. The van der Waals surface area contributed by atoms with E-state index in [0.29, 0.717) is 0 Å². The molecule has 0 radical (unpaired) electrons. The molecule has 1 fully saturated rings. The number of carbonyl (C=O) groups excluding carboxylic acids is 1. The van der Waals surface area contributed by atoms with Crippen molar-refractivity contribution in [2.45, 2.75) is 19.3 Å². The van der Waals surface area contributed by atoms with Crippen LogP contribution in [-0.2, 0) is 4.79 Å². The van der Waals surface area contributed by atoms with Gasteiger partial charge >= 0.3 is 0 Å². The maximum atomic E-state index is 10.4. The van der Waals surface area contributed by atoms with Gasteiger partial charge in [0, 0.05) is 13.0 Å². The lowest BCUT2D eigenvalue weighted by atomic mass is 10.2. The minimum Gasteiger partial charge on any atom is -0.356 e. The number of piperidine rings is 1. The molecule has 1 saturated heterocycles. The zero-order chi connectivity index (χ0) is 5.11. The standard InChI is InChI=1S/C5H9NO.FH/c7-5-3-1-2-4-6-5;/h1-4H2,(H,6,7);1H. The summed E-state index contributed by atoms with van der Waals surface area (Å²) < 4.78 is 0. The Balaban J connectivity index is 0.000000490. The maximum Gasteiger partial charge on any atom is 0.219 e. The van der Waals surface area contributed by atoms with E-state index in [1.54, 1.807) is 0 Å². The molecule has 1 heterocycles. The van der Waals surface area contributed by atoms with Gasteiger partial charge in [0.1, 0.15) is 0 Å². The van der Waals surface area contributed by atoms with Gasteiger partial charge in [-0.15, -0.1) is 0 Å². The van der Waals surface area contributed by atoms with Crippen molar-refractivity contribution in [3.05, 3.63) is 0 Å². The highest BCUT2D eigenvalue weighted by Gasteiger charge is 2.04. The van der Waals surface area contributed by atoms with Crippen molar-refractivity contribution in [3.63, 3.8) is 0 Å². The summed E-state index contributed by atoms with van der Waals surface area (Å²) in [5.41, 5.74) is 0. The first-order chi connectivity index (χ1) is 3.39. The van der Waals surface area contributed by atoms with E-state index in [0.717, 1.165) is 25.8 Å². The number of hydrogen-bond acceptors (Lipinski definition) is 1. The molecule has 0 aromatic heterocycles. The zero-order valence-corrected chi connectivity index (χ0v) is 4.64. The Kier molecular flexibility index (Phi) is 3.15. The number of rotatable bonds is 0. The van der Waals surface area contributed by atoms with Crippen molar-refractivity contribution in [2.24, 2.45) is 0 Å². The number of carbonyl (C=O) groups is 1. The van der Waals surface area contributed by atoms with E-state index < -0.39 is 0 Å². The van der Waals surface area contributed by atoms with Crippen LogP contribution in [0, 0.1) is 0 Å². The van der Waals surface area contributed by atoms with Crippen molar-refractivity contribution >= 4 is 5.91 Å². The minimum absolute atomic E-state index is 0. The fraction of sp³-hybridized carbons (Fsp3) is 0.800. The summed E-state index contributed by atoms with van der Waals surface area (Å²) in [4.78, 5) is 10.4. The summed E-state index contributed by atoms with van der Waals surface area (Å²) in [6, 6.07) is 0. The Bertz CT molecular complexity index is 76.5. The second kappa shape index (κ2) is 3.41. The lowest BCUT2D eigenvalue weighted by Crippen LogP contribution is -2.28. The van der Waals surface area contributed by atoms with E-state index in [9.17, 15) is 4.79 Å². The first-order valence-electron chi connectivity index (χ1n) is 2.66. The molecule has 0 spiro atoms. The molecule has 0 aromatic rings. The van der Waals surface area contributed by atoms with Crippen LogP contribution in [0.2, 0.25) is 0 Å². The molecule has 1 aliphatic rings. The van der Waals surface area contributed by atoms with Gasteiger partial charge in [0.2, 0.25) is 5.91 Å². The molecule has 1 rings (SSSR count). The monoisotopic (exact) mass is 119 g/mol. The SMILES string of the molecule is F.O=C1CCCCN1. The molecule has 0 unspecified atom stereocenters. The highest BCUT2D eigenvalue weighted by atomic mass is 19.0. The summed E-state index contributed by atoms with van der Waals surface area (Å²) in [6.07, 6.45) is 2.97. The highest BCUT2D eigenvalue weighted by Crippen LogP contribution is 1.98. The van der Waals surface area contributed by atoms with Gasteiger partial charge in [-0.1, -0.05) is 0 Å². The van der Waals surface area contributed by atoms with E-state index in [1.807, 2.05) is 0 Å². The quantitative estimate of drug-likeness (QED) is 0.492. The van der Waals surface area contributed by atoms with E-state index >= 15 is 0 Å². The van der Waals surface area contributed by atoms with Gasteiger partial charge in [-0.3, -0.25) is 9.50 Å². The Hall–Kier alpha value is -0.600. The summed E-state index contributed by atoms with van der Waals surface area (Å²) in [6.45, 7) is 0.888. The fourth-order valence-corrected chi connectivity index (χ4v) is 0.727. The van der Waals surface area contributed by atoms with Gasteiger partial charge in [-0.2, -0.15) is 0 Å². The molecule has 1 aliphatic heterocycles. The second-order valence-corrected chi connectivity index (χ2v) is 1.81. The molecule has 0 saturated carbocycles. The lowest BCUT2D eigenvalue weighted by Gasteiger charge is -2.08. The molecule has 0 aliphatic carbocycles. The Morgan fingerprint density at radius 1 is 1.38 bits per heavy atom. The molecule has 2 nitrogen and oxygen atoms in total. The number of amides is 1. The Labute approximate surface area is 47.6 Å². The van der Waals surface area contributed by atoms with Gasteiger partial charge in [-0.25, -0.2) is 0 Å². The van der Waals surface area contributed by atoms with Crippen LogP contribution >= 0.6 is 0 Å². The first-order valence-corrected chi connectivity index (χ1v) is 2.66. The van der Waals surface area contributed by atoms with Crippen LogP contribution in [-0.4, -0.2) is 12.5 Å². The summed E-state index contributed by atoms with van der Waals surface area (Å²) in [7, 11) is 0. The van der Waals surface area contributed by atoms with Crippen LogP contribution < -0.4 is 5.32 Å². The fourth-order valence-electron chi connectivity index (χ4n) is 0.727. The third kappa shape index (κ3) is 1.91. The van der Waals surface area contributed by atoms with Crippen LogP contribution in [0.25, 0.3) is 0 Å². The zero-order valence-electron chi connectivity index (χ0n) is 4.64. The molecule has 0 bridgehead atoms. The summed E-state index contributed by atoms with van der Waals surface area (Å²) in [5, 5.41) is 2.74. The lowest BCUT2D eigenvalue weighted by molar-refractivity contribution is -0.122. The maximum absolute atomic E-state index is 10.4. The van der Waals surface area contributed by atoms with Gasteiger partial charge in [0.05, 0.1) is 0 Å². The van der Waals surface area contributed by atoms with E-state index in [4.69, 9.17) is 0 Å². The highest BCUT2D eigenvalue weighted by molar-refractivity contribution is 5.76. The topological polar surface area (TPSA) is 29.1 Å². The van der Waals surface area contributed by atoms with Crippen LogP contribution in [0.5, 0.6) is 0 Å². The molecule has 0 atom stereocenters. The van der Waals surface area contributed by atoms with Gasteiger partial charge in [-0.05, 0) is 12.8 Å². The summed E-state index contributed by atoms with van der Waals surface area (Å²) >= 11 is 0. The van der Waals surface area contributed by atoms with Crippen molar-refractivity contribution in [2.75, 3.05) is 6.54 Å². The molecule has 0 aromatic carbocycles. The smallest absolute Gasteiger partial charge is 0.219 e. The molecule has 3 heteroatoms. The third-order valence-electron chi connectivity index (χ3n) is 1.15. The number of hydrogen-bond donors (Lipinski definition) is 1. The van der Waals surface area contributed by atoms with Crippen LogP contribution in [0.15, 0.2) is 0 Å². The van der Waals surface area contributed by atoms with E-state index in [1.165, 1.54) is 0 Å². The predicted molar refractivity (Wildman–Crippen MR) is 29.4 cm³/mol. The molecular weight excluding hydrogens is 109 g/mol. The molecule has 8 heavy (non-hydrogen) atoms. The molecule has 1 amide bonds. The molecule has 48 valence electrons. The van der Waals surface area contributed by atoms with Crippen molar-refractivity contribution in [1.82, 2.24) is 5.32 Å². The Morgan fingerprint density at radius 2 is 2.12 bits per heavy atom. The van der Waals surface area contributed by atoms with E-state index in [-0.39, 0.29) is 10.6 Å². The van der Waals surface area contributed by atoms with Crippen LogP contribution in [0.4, 0.5) is 4.70 Å². The summed E-state index contributed by atoms with van der Waals surface area (Å²) in [5.74, 6) is 0.214. The Morgan fingerprint density at radius 3 is 2.38 bits per heavy atom. The second-order valence-electron chi connectivity index (χ2n) is 1.81. The molecule has 1 N–H and O–H groups in total. The average molecular weight is 119 g/mol. The van der Waals surface area contributed by atoms with Gasteiger partial charge in [0.25, 0.3) is 0 Å². The normalized spacial score (nSPS) is 18.8. The number of halogens is 1. The van der Waals surface area contributed by atoms with Crippen LogP contribution in [0.1, 0.15) is 19.3 Å². The molecular formula is C5H10FNO.